The second kappa shape index (κ2) is 6.85. The van der Waals surface area contributed by atoms with E-state index in [1.165, 1.54) is 7.11 Å². The Morgan fingerprint density at radius 1 is 1.38 bits per heavy atom. The second-order valence-corrected chi connectivity index (χ2v) is 3.95. The van der Waals surface area contributed by atoms with E-state index in [9.17, 15) is 5.11 Å². The molecule has 0 heterocycles. The Labute approximate surface area is 98.3 Å². The Bertz CT molecular complexity index is 306. The molecular formula is C10H15NO4S. The second-order valence-electron chi connectivity index (χ2n) is 3.18. The van der Waals surface area contributed by atoms with Crippen LogP contribution in [0.1, 0.15) is 11.7 Å². The molecule has 90 valence electrons. The van der Waals surface area contributed by atoms with Gasteiger partial charge in [0.1, 0.15) is 0 Å². The summed E-state index contributed by atoms with van der Waals surface area (Å²) in [7, 11) is 1.42. The first-order chi connectivity index (χ1) is 7.69. The van der Waals surface area contributed by atoms with Crippen molar-refractivity contribution in [2.24, 2.45) is 5.73 Å². The van der Waals surface area contributed by atoms with Gasteiger partial charge in [-0.2, -0.15) is 4.33 Å². The average Bonchev–Trinajstić information content (AvgIpc) is 2.35. The molecule has 0 unspecified atom stereocenters. The first-order valence-electron chi connectivity index (χ1n) is 4.71. The van der Waals surface area contributed by atoms with Crippen molar-refractivity contribution in [2.75, 3.05) is 13.7 Å². The molecule has 5 nitrogen and oxygen atoms in total. The number of hydrogen-bond acceptors (Lipinski definition) is 6. The Morgan fingerprint density at radius 2 is 2.00 bits per heavy atom. The maximum Gasteiger partial charge on any atom is 0.0963 e. The molecule has 0 aliphatic rings. The smallest absolute Gasteiger partial charge is 0.0963 e. The van der Waals surface area contributed by atoms with Crippen molar-refractivity contribution < 1.29 is 19.4 Å². The van der Waals surface area contributed by atoms with Crippen LogP contribution >= 0.6 is 12.0 Å². The van der Waals surface area contributed by atoms with Crippen LogP contribution in [0.25, 0.3) is 0 Å². The zero-order chi connectivity index (χ0) is 12.0. The van der Waals surface area contributed by atoms with Gasteiger partial charge in [-0.05, 0) is 17.7 Å². The topological polar surface area (TPSA) is 84.9 Å². The van der Waals surface area contributed by atoms with Gasteiger partial charge in [0.25, 0.3) is 0 Å². The zero-order valence-corrected chi connectivity index (χ0v) is 9.68. The van der Waals surface area contributed by atoms with E-state index in [2.05, 4.69) is 9.22 Å². The molecule has 0 aromatic heterocycles. The van der Waals surface area contributed by atoms with Crippen LogP contribution in [0.15, 0.2) is 29.2 Å². The molecule has 4 N–H and O–H groups in total. The quantitative estimate of drug-likeness (QED) is 0.387. The third-order valence-corrected chi connectivity index (χ3v) is 2.71. The largest absolute Gasteiger partial charge is 0.395 e. The average molecular weight is 245 g/mol. The van der Waals surface area contributed by atoms with Crippen LogP contribution in [0.5, 0.6) is 0 Å². The van der Waals surface area contributed by atoms with E-state index in [-0.39, 0.29) is 6.61 Å². The Kier molecular flexibility index (Phi) is 5.75. The molecular weight excluding hydrogens is 230 g/mol. The maximum absolute atomic E-state index is 9.71. The van der Waals surface area contributed by atoms with E-state index in [0.29, 0.717) is 5.56 Å². The van der Waals surface area contributed by atoms with Gasteiger partial charge in [0.05, 0.1) is 37.9 Å². The first kappa shape index (κ1) is 13.4. The van der Waals surface area contributed by atoms with Crippen molar-refractivity contribution in [3.63, 3.8) is 0 Å². The molecule has 16 heavy (non-hydrogen) atoms. The first-order valence-corrected chi connectivity index (χ1v) is 5.45. The molecule has 1 aromatic rings. The SMILES string of the molecule is COOSc1ccc([C@@H](O)[C@H](N)CO)cc1. The number of aliphatic hydroxyl groups is 2. The maximum atomic E-state index is 9.71. The number of nitrogens with two attached hydrogens (primary N) is 1. The summed E-state index contributed by atoms with van der Waals surface area (Å²) in [4.78, 5) is 5.28. The number of hydrogen-bond donors (Lipinski definition) is 3. The van der Waals surface area contributed by atoms with Crippen LogP contribution in [0.4, 0.5) is 0 Å². The summed E-state index contributed by atoms with van der Waals surface area (Å²) in [6.45, 7) is -0.259. The van der Waals surface area contributed by atoms with E-state index in [0.717, 1.165) is 16.9 Å². The molecule has 0 spiro atoms. The molecule has 1 rings (SSSR count). The van der Waals surface area contributed by atoms with Gasteiger partial charge in [0.2, 0.25) is 0 Å². The highest BCUT2D eigenvalue weighted by atomic mass is 32.2. The van der Waals surface area contributed by atoms with Crippen LogP contribution in [0.2, 0.25) is 0 Å². The van der Waals surface area contributed by atoms with E-state index < -0.39 is 12.1 Å². The fraction of sp³-hybridized carbons (Fsp3) is 0.400. The minimum Gasteiger partial charge on any atom is -0.395 e. The molecule has 0 aliphatic carbocycles. The predicted molar refractivity (Wildman–Crippen MR) is 60.4 cm³/mol. The minimum absolute atomic E-state index is 0.259. The molecule has 0 saturated carbocycles. The van der Waals surface area contributed by atoms with Crippen molar-refractivity contribution in [1.82, 2.24) is 0 Å². The Balaban J connectivity index is 2.63. The molecule has 2 atom stereocenters. The summed E-state index contributed by atoms with van der Waals surface area (Å²) in [5, 5.41) is 18.5. The van der Waals surface area contributed by atoms with Crippen LogP contribution in [-0.2, 0) is 9.22 Å². The lowest BCUT2D eigenvalue weighted by Gasteiger charge is -2.16. The summed E-state index contributed by atoms with van der Waals surface area (Å²) < 4.78 is 4.68. The van der Waals surface area contributed by atoms with Crippen LogP contribution in [-0.4, -0.2) is 30.0 Å². The molecule has 1 aromatic carbocycles. The van der Waals surface area contributed by atoms with Gasteiger partial charge in [0.15, 0.2) is 0 Å². The van der Waals surface area contributed by atoms with Crippen molar-refractivity contribution in [1.29, 1.82) is 0 Å². The predicted octanol–water partition coefficient (Wildman–Crippen LogP) is 0.625. The molecule has 0 aliphatic heterocycles. The number of benzene rings is 1. The van der Waals surface area contributed by atoms with Crippen LogP contribution in [0.3, 0.4) is 0 Å². The molecule has 0 radical (unpaired) electrons. The molecule has 0 saturated heterocycles. The fourth-order valence-electron chi connectivity index (χ4n) is 1.14. The molecule has 6 heteroatoms. The van der Waals surface area contributed by atoms with Gasteiger partial charge in [-0.25, -0.2) is 4.89 Å². The van der Waals surface area contributed by atoms with Crippen molar-refractivity contribution >= 4 is 12.0 Å². The van der Waals surface area contributed by atoms with Gasteiger partial charge in [-0.3, -0.25) is 0 Å². The highest BCUT2D eigenvalue weighted by molar-refractivity contribution is 7.94. The van der Waals surface area contributed by atoms with E-state index in [4.69, 9.17) is 10.8 Å². The normalized spacial score (nSPS) is 14.8. The lowest BCUT2D eigenvalue weighted by molar-refractivity contribution is -0.160. The Hall–Kier alpha value is -0.630. The highest BCUT2D eigenvalue weighted by Crippen LogP contribution is 2.22. The number of rotatable bonds is 6. The van der Waals surface area contributed by atoms with Gasteiger partial charge in [-0.1, -0.05) is 12.1 Å². The van der Waals surface area contributed by atoms with E-state index in [1.807, 2.05) is 0 Å². The summed E-state index contributed by atoms with van der Waals surface area (Å²) in [5.41, 5.74) is 6.17. The van der Waals surface area contributed by atoms with Crippen LogP contribution < -0.4 is 5.73 Å². The lowest BCUT2D eigenvalue weighted by Crippen LogP contribution is -2.31. The lowest BCUT2D eigenvalue weighted by atomic mass is 10.0. The summed E-state index contributed by atoms with van der Waals surface area (Å²) in [6, 6.07) is 6.32. The van der Waals surface area contributed by atoms with E-state index in [1.54, 1.807) is 24.3 Å². The summed E-state index contributed by atoms with van der Waals surface area (Å²) >= 11 is 1.07. The van der Waals surface area contributed by atoms with Gasteiger partial charge < -0.3 is 15.9 Å². The Morgan fingerprint density at radius 3 is 2.50 bits per heavy atom. The summed E-state index contributed by atoms with van der Waals surface area (Å²) in [6.07, 6.45) is -0.868. The number of aliphatic hydroxyl groups excluding tert-OH is 2. The summed E-state index contributed by atoms with van der Waals surface area (Å²) in [5.74, 6) is 0. The third kappa shape index (κ3) is 3.75. The van der Waals surface area contributed by atoms with Gasteiger partial charge >= 0.3 is 0 Å². The van der Waals surface area contributed by atoms with Crippen LogP contribution in [0, 0.1) is 0 Å². The third-order valence-electron chi connectivity index (χ3n) is 2.04. The molecule has 0 bridgehead atoms. The van der Waals surface area contributed by atoms with Gasteiger partial charge in [-0.15, -0.1) is 0 Å². The molecule has 0 amide bonds. The minimum atomic E-state index is -0.868. The monoisotopic (exact) mass is 245 g/mol. The standard InChI is InChI=1S/C10H15NO4S/c1-14-15-16-8-4-2-7(3-5-8)10(13)9(11)6-12/h2-5,9-10,12-13H,6,11H2,1H3/t9-,10-/m1/s1. The van der Waals surface area contributed by atoms with Gasteiger partial charge in [0, 0.05) is 4.90 Å². The van der Waals surface area contributed by atoms with E-state index >= 15 is 0 Å². The highest BCUT2D eigenvalue weighted by Gasteiger charge is 2.15. The van der Waals surface area contributed by atoms with Crippen molar-refractivity contribution in [2.45, 2.75) is 17.0 Å². The molecule has 0 fully saturated rings. The zero-order valence-electron chi connectivity index (χ0n) is 8.87. The van der Waals surface area contributed by atoms with Crippen molar-refractivity contribution in [3.8, 4) is 0 Å². The fourth-order valence-corrected chi connectivity index (χ4v) is 1.53. The van der Waals surface area contributed by atoms with Crippen molar-refractivity contribution in [3.05, 3.63) is 29.8 Å².